The van der Waals surface area contributed by atoms with Crippen LogP contribution >= 0.6 is 11.6 Å². The maximum atomic E-state index is 6.27. The molecule has 0 aromatic heterocycles. The molecule has 118 valence electrons. The topological polar surface area (TPSA) is 32.5 Å². The van der Waals surface area contributed by atoms with Crippen molar-refractivity contribution in [1.29, 1.82) is 0 Å². The number of nitrogens with zero attached hydrogens (tertiary/aromatic N) is 2. The lowest BCUT2D eigenvalue weighted by atomic mass is 10.0. The van der Waals surface area contributed by atoms with E-state index in [2.05, 4.69) is 42.0 Å². The highest BCUT2D eigenvalue weighted by molar-refractivity contribution is 6.31. The van der Waals surface area contributed by atoms with E-state index in [1.807, 2.05) is 6.92 Å². The van der Waals surface area contributed by atoms with Gasteiger partial charge in [0, 0.05) is 30.2 Å². The van der Waals surface area contributed by atoms with Crippen molar-refractivity contribution >= 4 is 11.6 Å². The summed E-state index contributed by atoms with van der Waals surface area (Å²) in [5.74, 6) is 0. The summed E-state index contributed by atoms with van der Waals surface area (Å²) in [4.78, 5) is 4.96. The van der Waals surface area contributed by atoms with Crippen molar-refractivity contribution in [2.45, 2.75) is 38.8 Å². The summed E-state index contributed by atoms with van der Waals surface area (Å²) in [6, 6.07) is 7.21. The Kier molecular flexibility index (Phi) is 6.06. The quantitative estimate of drug-likeness (QED) is 0.876. The lowest BCUT2D eigenvalue weighted by molar-refractivity contribution is 0.166. The predicted molar refractivity (Wildman–Crippen MR) is 90.9 cm³/mol. The first-order valence-electron chi connectivity index (χ1n) is 7.97. The molecule has 21 heavy (non-hydrogen) atoms. The lowest BCUT2D eigenvalue weighted by Crippen LogP contribution is -2.41. The van der Waals surface area contributed by atoms with Crippen LogP contribution in [0.2, 0.25) is 5.02 Å². The molecule has 2 atom stereocenters. The van der Waals surface area contributed by atoms with Crippen molar-refractivity contribution in [2.75, 3.05) is 33.2 Å². The van der Waals surface area contributed by atoms with Crippen LogP contribution in [0.4, 0.5) is 0 Å². The van der Waals surface area contributed by atoms with E-state index in [0.717, 1.165) is 23.7 Å². The smallest absolute Gasteiger partial charge is 0.0468 e. The van der Waals surface area contributed by atoms with Gasteiger partial charge in [-0.25, -0.2) is 0 Å². The molecule has 2 unspecified atom stereocenters. The van der Waals surface area contributed by atoms with Gasteiger partial charge >= 0.3 is 0 Å². The Morgan fingerprint density at radius 2 is 2.24 bits per heavy atom. The van der Waals surface area contributed by atoms with Crippen LogP contribution in [0, 0.1) is 6.92 Å². The van der Waals surface area contributed by atoms with E-state index in [9.17, 15) is 0 Å². The summed E-state index contributed by atoms with van der Waals surface area (Å²) in [5, 5.41) is 0.829. The van der Waals surface area contributed by atoms with E-state index < -0.39 is 0 Å². The zero-order valence-electron chi connectivity index (χ0n) is 13.5. The number of halogens is 1. The van der Waals surface area contributed by atoms with Gasteiger partial charge in [-0.3, -0.25) is 9.80 Å². The summed E-state index contributed by atoms with van der Waals surface area (Å²) in [7, 11) is 2.18. The molecule has 4 heteroatoms. The van der Waals surface area contributed by atoms with Crippen molar-refractivity contribution in [1.82, 2.24) is 9.80 Å². The average Bonchev–Trinajstić information content (AvgIpc) is 2.90. The van der Waals surface area contributed by atoms with Crippen molar-refractivity contribution in [3.8, 4) is 0 Å². The van der Waals surface area contributed by atoms with Crippen LogP contribution in [-0.2, 0) is 0 Å². The summed E-state index contributed by atoms with van der Waals surface area (Å²) in [6.45, 7) is 8.35. The number of likely N-dealkylation sites (N-methyl/N-ethyl adjacent to an activating group) is 2. The summed E-state index contributed by atoms with van der Waals surface area (Å²) in [5.41, 5.74) is 8.37. The van der Waals surface area contributed by atoms with Gasteiger partial charge in [0.2, 0.25) is 0 Å². The zero-order valence-corrected chi connectivity index (χ0v) is 14.2. The molecule has 1 saturated heterocycles. The maximum Gasteiger partial charge on any atom is 0.0468 e. The van der Waals surface area contributed by atoms with Gasteiger partial charge in [0.1, 0.15) is 0 Å². The number of nitrogens with two attached hydrogens (primary N) is 1. The number of likely N-dealkylation sites (tertiary alicyclic amines) is 1. The molecule has 0 aliphatic carbocycles. The van der Waals surface area contributed by atoms with Crippen molar-refractivity contribution in [2.24, 2.45) is 5.73 Å². The fraction of sp³-hybridized carbons (Fsp3) is 0.647. The first-order valence-corrected chi connectivity index (χ1v) is 8.35. The van der Waals surface area contributed by atoms with E-state index in [0.29, 0.717) is 12.6 Å². The fourth-order valence-corrected chi connectivity index (χ4v) is 3.55. The van der Waals surface area contributed by atoms with Crippen LogP contribution in [0.15, 0.2) is 18.2 Å². The van der Waals surface area contributed by atoms with E-state index in [-0.39, 0.29) is 6.04 Å². The van der Waals surface area contributed by atoms with Gasteiger partial charge in [-0.15, -0.1) is 0 Å². The second-order valence-electron chi connectivity index (χ2n) is 6.12. The highest BCUT2D eigenvalue weighted by Gasteiger charge is 2.26. The molecule has 0 saturated carbocycles. The first kappa shape index (κ1) is 16.8. The minimum Gasteiger partial charge on any atom is -0.329 e. The van der Waals surface area contributed by atoms with Gasteiger partial charge < -0.3 is 5.73 Å². The van der Waals surface area contributed by atoms with Gasteiger partial charge in [0.15, 0.2) is 0 Å². The summed E-state index contributed by atoms with van der Waals surface area (Å²) in [6.07, 6.45) is 2.61. The molecule has 1 aromatic rings. The van der Waals surface area contributed by atoms with Gasteiger partial charge in [-0.05, 0) is 57.1 Å². The molecule has 0 spiro atoms. The highest BCUT2D eigenvalue weighted by Crippen LogP contribution is 2.26. The van der Waals surface area contributed by atoms with E-state index >= 15 is 0 Å². The largest absolute Gasteiger partial charge is 0.329 e. The van der Waals surface area contributed by atoms with Gasteiger partial charge in [0.05, 0.1) is 0 Å². The fourth-order valence-electron chi connectivity index (χ4n) is 3.36. The number of hydrogen-bond donors (Lipinski definition) is 1. The summed E-state index contributed by atoms with van der Waals surface area (Å²) < 4.78 is 0. The normalized spacial score (nSPS) is 21.1. The van der Waals surface area contributed by atoms with Crippen LogP contribution in [0.3, 0.4) is 0 Å². The van der Waals surface area contributed by atoms with E-state index in [1.54, 1.807) is 0 Å². The number of aryl methyl sites for hydroxylation is 1. The molecule has 0 radical (unpaired) electrons. The Hall–Kier alpha value is -0.610. The van der Waals surface area contributed by atoms with E-state index in [4.69, 9.17) is 17.3 Å². The lowest BCUT2D eigenvalue weighted by Gasteiger charge is -2.33. The average molecular weight is 310 g/mol. The Morgan fingerprint density at radius 3 is 2.86 bits per heavy atom. The Bertz CT molecular complexity index is 463. The van der Waals surface area contributed by atoms with Crippen molar-refractivity contribution < 1.29 is 0 Å². The minimum absolute atomic E-state index is 0.238. The van der Waals surface area contributed by atoms with Gasteiger partial charge in [-0.2, -0.15) is 0 Å². The van der Waals surface area contributed by atoms with E-state index in [1.165, 1.54) is 24.9 Å². The Balaban J connectivity index is 2.07. The Labute approximate surface area is 134 Å². The molecule has 1 heterocycles. The standard InChI is InChI=1S/C17H28ClN3/c1-4-21-9-5-6-15(21)12-20(3)17(11-19)14-8-7-13(2)16(18)10-14/h7-8,10,15,17H,4-6,9,11-12,19H2,1-3H3. The minimum atomic E-state index is 0.238. The van der Waals surface area contributed by atoms with Crippen LogP contribution in [0.5, 0.6) is 0 Å². The molecule has 1 fully saturated rings. The van der Waals surface area contributed by atoms with Crippen LogP contribution in [-0.4, -0.2) is 49.1 Å². The third-order valence-electron chi connectivity index (χ3n) is 4.74. The third kappa shape index (κ3) is 3.98. The highest BCUT2D eigenvalue weighted by atomic mass is 35.5. The second-order valence-corrected chi connectivity index (χ2v) is 6.53. The molecular formula is C17H28ClN3. The Morgan fingerprint density at radius 1 is 1.48 bits per heavy atom. The number of hydrogen-bond acceptors (Lipinski definition) is 3. The molecular weight excluding hydrogens is 282 g/mol. The van der Waals surface area contributed by atoms with Gasteiger partial charge in [0.25, 0.3) is 0 Å². The monoisotopic (exact) mass is 309 g/mol. The second kappa shape index (κ2) is 7.59. The molecule has 1 aliphatic heterocycles. The molecule has 1 aromatic carbocycles. The van der Waals surface area contributed by atoms with Gasteiger partial charge in [-0.1, -0.05) is 30.7 Å². The number of rotatable bonds is 6. The number of benzene rings is 1. The molecule has 0 bridgehead atoms. The van der Waals surface area contributed by atoms with Crippen molar-refractivity contribution in [3.63, 3.8) is 0 Å². The molecule has 2 N–H and O–H groups in total. The molecule has 2 rings (SSSR count). The third-order valence-corrected chi connectivity index (χ3v) is 5.15. The SMILES string of the molecule is CCN1CCCC1CN(C)C(CN)c1ccc(C)c(Cl)c1. The predicted octanol–water partition coefficient (Wildman–Crippen LogP) is 3.06. The maximum absolute atomic E-state index is 6.27. The van der Waals surface area contributed by atoms with Crippen molar-refractivity contribution in [3.05, 3.63) is 34.3 Å². The molecule has 0 amide bonds. The first-order chi connectivity index (χ1) is 10.1. The zero-order chi connectivity index (χ0) is 15.4. The molecule has 1 aliphatic rings. The van der Waals surface area contributed by atoms with Crippen LogP contribution in [0.1, 0.15) is 36.9 Å². The summed E-state index contributed by atoms with van der Waals surface area (Å²) >= 11 is 6.27. The van der Waals surface area contributed by atoms with Crippen LogP contribution < -0.4 is 5.73 Å². The molecule has 3 nitrogen and oxygen atoms in total. The van der Waals surface area contributed by atoms with Crippen LogP contribution in [0.25, 0.3) is 0 Å².